The highest BCUT2D eigenvalue weighted by Crippen LogP contribution is 2.29. The maximum Gasteiger partial charge on any atom is 0.232 e. The average molecular weight is 446 g/mol. The first-order valence-corrected chi connectivity index (χ1v) is 11.6. The smallest absolute Gasteiger partial charge is 0.232 e. The molecule has 0 bridgehead atoms. The van der Waals surface area contributed by atoms with Crippen LogP contribution in [0.1, 0.15) is 32.6 Å². The zero-order valence-corrected chi connectivity index (χ0v) is 18.7. The first-order valence-electron chi connectivity index (χ1n) is 10.4. The van der Waals surface area contributed by atoms with Crippen molar-refractivity contribution in [3.8, 4) is 0 Å². The Hall–Kier alpha value is -2.04. The van der Waals surface area contributed by atoms with Gasteiger partial charge in [-0.25, -0.2) is 15.0 Å². The van der Waals surface area contributed by atoms with Gasteiger partial charge in [0.15, 0.2) is 10.3 Å². The number of anilines is 2. The SMILES string of the molecule is C[C@@H]1CCCN(c2cc(Sc3ncccn3)nc(NC(=S)NC[C@@H]3CCCO3)n2)C1. The maximum absolute atomic E-state index is 5.64. The predicted octanol–water partition coefficient (Wildman–Crippen LogP) is 3.12. The Balaban J connectivity index is 1.49. The fraction of sp³-hybridized carbons (Fsp3) is 0.550. The molecule has 8 nitrogen and oxygen atoms in total. The van der Waals surface area contributed by atoms with Crippen molar-refractivity contribution in [2.24, 2.45) is 5.92 Å². The molecule has 2 aromatic rings. The van der Waals surface area contributed by atoms with Crippen LogP contribution in [0.25, 0.3) is 0 Å². The molecule has 0 aromatic carbocycles. The van der Waals surface area contributed by atoms with Crippen LogP contribution in [0.3, 0.4) is 0 Å². The van der Waals surface area contributed by atoms with E-state index in [-0.39, 0.29) is 6.10 Å². The van der Waals surface area contributed by atoms with Gasteiger partial charge in [0.1, 0.15) is 10.8 Å². The van der Waals surface area contributed by atoms with Gasteiger partial charge in [-0.1, -0.05) is 6.92 Å². The minimum Gasteiger partial charge on any atom is -0.376 e. The van der Waals surface area contributed by atoms with Gasteiger partial charge < -0.3 is 20.3 Å². The highest BCUT2D eigenvalue weighted by atomic mass is 32.2. The van der Waals surface area contributed by atoms with Crippen LogP contribution in [0, 0.1) is 5.92 Å². The van der Waals surface area contributed by atoms with Crippen LogP contribution >= 0.6 is 24.0 Å². The molecule has 0 spiro atoms. The highest BCUT2D eigenvalue weighted by Gasteiger charge is 2.20. The van der Waals surface area contributed by atoms with Gasteiger partial charge >= 0.3 is 0 Å². The third-order valence-electron chi connectivity index (χ3n) is 5.15. The molecule has 160 valence electrons. The number of nitrogens with one attached hydrogen (secondary N) is 2. The van der Waals surface area contributed by atoms with Crippen LogP contribution in [-0.2, 0) is 4.74 Å². The summed E-state index contributed by atoms with van der Waals surface area (Å²) < 4.78 is 5.64. The number of rotatable bonds is 6. The summed E-state index contributed by atoms with van der Waals surface area (Å²) in [5.74, 6) is 2.03. The van der Waals surface area contributed by atoms with Gasteiger partial charge in [0.05, 0.1) is 6.10 Å². The van der Waals surface area contributed by atoms with Gasteiger partial charge in [0.25, 0.3) is 0 Å². The molecule has 2 fully saturated rings. The Morgan fingerprint density at radius 3 is 2.90 bits per heavy atom. The van der Waals surface area contributed by atoms with Crippen LogP contribution in [0.15, 0.2) is 34.7 Å². The van der Waals surface area contributed by atoms with E-state index in [0.717, 1.165) is 43.4 Å². The van der Waals surface area contributed by atoms with Gasteiger partial charge in [-0.3, -0.25) is 0 Å². The summed E-state index contributed by atoms with van der Waals surface area (Å²) in [5.41, 5.74) is 0. The third-order valence-corrected chi connectivity index (χ3v) is 6.21. The van der Waals surface area contributed by atoms with Crippen LogP contribution in [0.2, 0.25) is 0 Å². The summed E-state index contributed by atoms with van der Waals surface area (Å²) in [5, 5.41) is 8.30. The molecule has 2 aliphatic heterocycles. The minimum absolute atomic E-state index is 0.216. The molecule has 30 heavy (non-hydrogen) atoms. The van der Waals surface area contributed by atoms with Crippen molar-refractivity contribution in [3.63, 3.8) is 0 Å². The molecule has 0 saturated carbocycles. The number of hydrogen-bond donors (Lipinski definition) is 2. The van der Waals surface area contributed by atoms with E-state index in [2.05, 4.69) is 37.4 Å². The lowest BCUT2D eigenvalue weighted by molar-refractivity contribution is 0.114. The Bertz CT molecular complexity index is 848. The van der Waals surface area contributed by atoms with E-state index in [1.54, 1.807) is 18.5 Å². The standard InChI is InChI=1S/C20H27N7OS2/c1-14-5-2-9-27(13-14)16-11-17(30-20-21-7-4-8-22-20)25-18(24-16)26-19(29)23-12-15-6-3-10-28-15/h4,7-8,11,14-15H,2-3,5-6,9-10,12-13H2,1H3,(H2,23,24,25,26,29)/t14-,15+/m1/s1. The number of thiocarbonyl (C=S) groups is 1. The van der Waals surface area contributed by atoms with Crippen molar-refractivity contribution in [1.82, 2.24) is 25.3 Å². The van der Waals surface area contributed by atoms with Crippen LogP contribution in [0.4, 0.5) is 11.8 Å². The number of ether oxygens (including phenoxy) is 1. The van der Waals surface area contributed by atoms with E-state index in [4.69, 9.17) is 21.9 Å². The largest absolute Gasteiger partial charge is 0.376 e. The number of piperidine rings is 1. The summed E-state index contributed by atoms with van der Waals surface area (Å²) in [6.45, 7) is 5.78. The van der Waals surface area contributed by atoms with E-state index in [1.807, 2.05) is 6.07 Å². The molecule has 4 rings (SSSR count). The Kier molecular flexibility index (Phi) is 7.29. The summed E-state index contributed by atoms with van der Waals surface area (Å²) in [6.07, 6.45) is 8.26. The second-order valence-corrected chi connectivity index (χ2v) is 9.08. The predicted molar refractivity (Wildman–Crippen MR) is 122 cm³/mol. The van der Waals surface area contributed by atoms with Gasteiger partial charge in [-0.15, -0.1) is 0 Å². The van der Waals surface area contributed by atoms with E-state index < -0.39 is 0 Å². The van der Waals surface area contributed by atoms with Crippen molar-refractivity contribution in [2.75, 3.05) is 36.5 Å². The zero-order valence-electron chi connectivity index (χ0n) is 17.1. The van der Waals surface area contributed by atoms with Crippen molar-refractivity contribution < 1.29 is 4.74 Å². The van der Waals surface area contributed by atoms with Crippen LogP contribution in [-0.4, -0.2) is 57.4 Å². The van der Waals surface area contributed by atoms with Crippen molar-refractivity contribution in [2.45, 2.75) is 48.9 Å². The number of nitrogens with zero attached hydrogens (tertiary/aromatic N) is 5. The summed E-state index contributed by atoms with van der Waals surface area (Å²) in [4.78, 5) is 20.3. The Labute approximate surface area is 186 Å². The second-order valence-electron chi connectivity index (χ2n) is 7.68. The van der Waals surface area contributed by atoms with Gasteiger partial charge in [0.2, 0.25) is 5.95 Å². The lowest BCUT2D eigenvalue weighted by atomic mass is 10.0. The van der Waals surface area contributed by atoms with Crippen LogP contribution < -0.4 is 15.5 Å². The molecule has 2 saturated heterocycles. The normalized spacial score (nSPS) is 21.4. The summed E-state index contributed by atoms with van der Waals surface area (Å²) in [6, 6.07) is 3.81. The molecule has 2 aromatic heterocycles. The molecule has 0 aliphatic carbocycles. The maximum atomic E-state index is 5.64. The van der Waals surface area contributed by atoms with E-state index >= 15 is 0 Å². The van der Waals surface area contributed by atoms with Crippen molar-refractivity contribution >= 4 is 40.9 Å². The topological polar surface area (TPSA) is 88.1 Å². The molecular formula is C20H27N7OS2. The second kappa shape index (κ2) is 10.3. The Morgan fingerprint density at radius 2 is 2.13 bits per heavy atom. The molecule has 10 heteroatoms. The lowest BCUT2D eigenvalue weighted by Crippen LogP contribution is -2.36. The molecular weight excluding hydrogens is 418 g/mol. The minimum atomic E-state index is 0.216. The summed E-state index contributed by atoms with van der Waals surface area (Å²) >= 11 is 6.88. The molecule has 2 atom stereocenters. The fourth-order valence-corrected chi connectivity index (χ4v) is 4.56. The van der Waals surface area contributed by atoms with E-state index in [9.17, 15) is 0 Å². The third kappa shape index (κ3) is 5.99. The van der Waals surface area contributed by atoms with Gasteiger partial charge in [-0.2, -0.15) is 4.98 Å². The van der Waals surface area contributed by atoms with Crippen molar-refractivity contribution in [1.29, 1.82) is 0 Å². The molecule has 4 heterocycles. The number of hydrogen-bond acceptors (Lipinski definition) is 8. The fourth-order valence-electron chi connectivity index (χ4n) is 3.67. The first kappa shape index (κ1) is 21.2. The monoisotopic (exact) mass is 445 g/mol. The van der Waals surface area contributed by atoms with Gasteiger partial charge in [0, 0.05) is 44.7 Å². The average Bonchev–Trinajstić information content (AvgIpc) is 3.27. The molecule has 0 radical (unpaired) electrons. The van der Waals surface area contributed by atoms with Gasteiger partial charge in [-0.05, 0) is 61.6 Å². The van der Waals surface area contributed by atoms with Crippen LogP contribution in [0.5, 0.6) is 0 Å². The highest BCUT2D eigenvalue weighted by molar-refractivity contribution is 7.99. The van der Waals surface area contributed by atoms with Crippen molar-refractivity contribution in [3.05, 3.63) is 24.5 Å². The number of aromatic nitrogens is 4. The first-order chi connectivity index (χ1) is 14.7. The molecule has 2 N–H and O–H groups in total. The molecule has 0 unspecified atom stereocenters. The zero-order chi connectivity index (χ0) is 20.8. The molecule has 2 aliphatic rings. The quantitative estimate of drug-likeness (QED) is 0.393. The van der Waals surface area contributed by atoms with E-state index in [0.29, 0.717) is 28.7 Å². The van der Waals surface area contributed by atoms with E-state index in [1.165, 1.54) is 24.6 Å². The summed E-state index contributed by atoms with van der Waals surface area (Å²) in [7, 11) is 0. The Morgan fingerprint density at radius 1 is 1.27 bits per heavy atom. The lowest BCUT2D eigenvalue weighted by Gasteiger charge is -2.32. The molecule has 0 amide bonds.